The van der Waals surface area contributed by atoms with Crippen LogP contribution in [-0.4, -0.2) is 56.9 Å². The largest absolute Gasteiger partial charge is 0.450 e. The lowest BCUT2D eigenvalue weighted by Gasteiger charge is -2.20. The quantitative estimate of drug-likeness (QED) is 0.637. The zero-order valence-electron chi connectivity index (χ0n) is 10.8. The molecule has 0 radical (unpaired) electrons. The van der Waals surface area contributed by atoms with Crippen molar-refractivity contribution in [3.63, 3.8) is 0 Å². The first-order valence-corrected chi connectivity index (χ1v) is 5.76. The Morgan fingerprint density at radius 3 is 2.53 bits per heavy atom. The second-order valence-electron chi connectivity index (χ2n) is 3.50. The van der Waals surface area contributed by atoms with E-state index in [1.165, 1.54) is 6.92 Å². The van der Waals surface area contributed by atoms with E-state index in [0.29, 0.717) is 32.8 Å². The van der Waals surface area contributed by atoms with Crippen LogP contribution in [0.25, 0.3) is 0 Å². The van der Waals surface area contributed by atoms with Crippen molar-refractivity contribution in [1.82, 2.24) is 10.2 Å². The molecule has 1 N–H and O–H groups in total. The summed E-state index contributed by atoms with van der Waals surface area (Å²) in [6.07, 6.45) is 0.336. The van der Waals surface area contributed by atoms with E-state index in [9.17, 15) is 9.59 Å². The predicted molar refractivity (Wildman–Crippen MR) is 63.8 cm³/mol. The van der Waals surface area contributed by atoms with Crippen LogP contribution in [0.15, 0.2) is 0 Å². The van der Waals surface area contributed by atoms with E-state index >= 15 is 0 Å². The van der Waals surface area contributed by atoms with Gasteiger partial charge in [-0.05, 0) is 13.3 Å². The van der Waals surface area contributed by atoms with Gasteiger partial charge in [0.2, 0.25) is 5.91 Å². The number of methoxy groups -OCH3 is 1. The Labute approximate surface area is 102 Å². The molecule has 0 aromatic carbocycles. The van der Waals surface area contributed by atoms with Crippen molar-refractivity contribution in [2.45, 2.75) is 20.3 Å². The minimum Gasteiger partial charge on any atom is -0.450 e. The lowest BCUT2D eigenvalue weighted by atomic mass is 10.3. The number of nitrogens with zero attached hydrogens (tertiary/aromatic N) is 1. The smallest absolute Gasteiger partial charge is 0.407 e. The molecule has 0 saturated heterocycles. The number of carbonyl (C=O) groups excluding carboxylic acids is 2. The number of alkyl carbamates (subject to hydrolysis) is 1. The Kier molecular flexibility index (Phi) is 9.14. The maximum absolute atomic E-state index is 11.3. The molecule has 0 saturated carbocycles. The highest BCUT2D eigenvalue weighted by Gasteiger charge is 2.08. The third-order valence-electron chi connectivity index (χ3n) is 2.15. The number of hydrogen-bond acceptors (Lipinski definition) is 4. The van der Waals surface area contributed by atoms with Crippen molar-refractivity contribution in [3.8, 4) is 0 Å². The Hall–Kier alpha value is -1.30. The van der Waals surface area contributed by atoms with Crippen LogP contribution in [0.3, 0.4) is 0 Å². The highest BCUT2D eigenvalue weighted by atomic mass is 16.5. The van der Waals surface area contributed by atoms with Crippen molar-refractivity contribution in [1.29, 1.82) is 0 Å². The fourth-order valence-corrected chi connectivity index (χ4v) is 1.30. The first-order valence-electron chi connectivity index (χ1n) is 5.76. The first kappa shape index (κ1) is 15.7. The summed E-state index contributed by atoms with van der Waals surface area (Å²) in [6.45, 7) is 5.73. The maximum Gasteiger partial charge on any atom is 0.407 e. The molecule has 0 unspecified atom stereocenters. The molecule has 100 valence electrons. The molecule has 0 bridgehead atoms. The number of ether oxygens (including phenoxy) is 2. The summed E-state index contributed by atoms with van der Waals surface area (Å²) < 4.78 is 9.63. The summed E-state index contributed by atoms with van der Waals surface area (Å²) in [5, 5.41) is 2.57. The van der Waals surface area contributed by atoms with Crippen molar-refractivity contribution in [2.24, 2.45) is 0 Å². The molecule has 0 aliphatic heterocycles. The van der Waals surface area contributed by atoms with Gasteiger partial charge >= 0.3 is 6.09 Å². The lowest BCUT2D eigenvalue weighted by Crippen LogP contribution is -2.38. The standard InChI is InChI=1S/C11H22N2O4/c1-4-17-11(15)12-6-8-13(10(2)14)7-5-9-16-3/h4-9H2,1-3H3,(H,12,15). The summed E-state index contributed by atoms with van der Waals surface area (Å²) in [7, 11) is 1.63. The molecule has 0 spiro atoms. The van der Waals surface area contributed by atoms with E-state index in [2.05, 4.69) is 5.32 Å². The van der Waals surface area contributed by atoms with Gasteiger partial charge in [-0.2, -0.15) is 0 Å². The van der Waals surface area contributed by atoms with Gasteiger partial charge in [0.1, 0.15) is 0 Å². The SMILES string of the molecule is CCOC(=O)NCCN(CCCOC)C(C)=O. The average molecular weight is 246 g/mol. The number of hydrogen-bond donors (Lipinski definition) is 1. The fraction of sp³-hybridized carbons (Fsp3) is 0.818. The predicted octanol–water partition coefficient (Wildman–Crippen LogP) is 0.617. The van der Waals surface area contributed by atoms with Crippen LogP contribution in [0.4, 0.5) is 4.79 Å². The Balaban J connectivity index is 3.77. The second kappa shape index (κ2) is 9.89. The molecule has 0 aliphatic carbocycles. The molecule has 0 aliphatic rings. The molecule has 17 heavy (non-hydrogen) atoms. The maximum atomic E-state index is 11.3. The molecule has 2 amide bonds. The molecule has 6 heteroatoms. The molecular weight excluding hydrogens is 224 g/mol. The molecule has 0 atom stereocenters. The van der Waals surface area contributed by atoms with Crippen LogP contribution in [0.5, 0.6) is 0 Å². The molecule has 0 aromatic heterocycles. The summed E-state index contributed by atoms with van der Waals surface area (Å²) in [5.41, 5.74) is 0. The highest BCUT2D eigenvalue weighted by Crippen LogP contribution is 1.92. The Morgan fingerprint density at radius 2 is 2.00 bits per heavy atom. The van der Waals surface area contributed by atoms with Crippen molar-refractivity contribution in [2.75, 3.05) is 40.0 Å². The molecule has 0 rings (SSSR count). The zero-order chi connectivity index (χ0) is 13.1. The molecule has 0 heterocycles. The summed E-state index contributed by atoms with van der Waals surface area (Å²) >= 11 is 0. The van der Waals surface area contributed by atoms with E-state index in [4.69, 9.17) is 9.47 Å². The van der Waals surface area contributed by atoms with Gasteiger partial charge in [-0.3, -0.25) is 4.79 Å². The lowest BCUT2D eigenvalue weighted by molar-refractivity contribution is -0.129. The van der Waals surface area contributed by atoms with Gasteiger partial charge in [-0.15, -0.1) is 0 Å². The van der Waals surface area contributed by atoms with Crippen LogP contribution in [0.1, 0.15) is 20.3 Å². The van der Waals surface area contributed by atoms with Crippen LogP contribution in [0, 0.1) is 0 Å². The summed E-state index contributed by atoms with van der Waals surface area (Å²) in [5.74, 6) is -0.00763. The average Bonchev–Trinajstić information content (AvgIpc) is 2.27. The Morgan fingerprint density at radius 1 is 1.29 bits per heavy atom. The molecular formula is C11H22N2O4. The van der Waals surface area contributed by atoms with E-state index < -0.39 is 6.09 Å². The van der Waals surface area contributed by atoms with Gasteiger partial charge < -0.3 is 19.7 Å². The van der Waals surface area contributed by atoms with Gasteiger partial charge in [0.05, 0.1) is 6.61 Å². The van der Waals surface area contributed by atoms with Crippen LogP contribution in [-0.2, 0) is 14.3 Å². The van der Waals surface area contributed by atoms with E-state index in [1.807, 2.05) is 0 Å². The summed E-state index contributed by atoms with van der Waals surface area (Å²) in [6, 6.07) is 0. The van der Waals surface area contributed by atoms with Crippen molar-refractivity contribution in [3.05, 3.63) is 0 Å². The van der Waals surface area contributed by atoms with Crippen LogP contribution >= 0.6 is 0 Å². The summed E-state index contributed by atoms with van der Waals surface area (Å²) in [4.78, 5) is 24.0. The second-order valence-corrected chi connectivity index (χ2v) is 3.50. The number of rotatable bonds is 8. The monoisotopic (exact) mass is 246 g/mol. The molecule has 6 nitrogen and oxygen atoms in total. The van der Waals surface area contributed by atoms with E-state index in [-0.39, 0.29) is 5.91 Å². The molecule has 0 fully saturated rings. The number of carbonyl (C=O) groups is 2. The van der Waals surface area contributed by atoms with E-state index in [0.717, 1.165) is 6.42 Å². The van der Waals surface area contributed by atoms with Gasteiger partial charge in [0.25, 0.3) is 0 Å². The van der Waals surface area contributed by atoms with Gasteiger partial charge in [-0.25, -0.2) is 4.79 Å². The normalized spacial score (nSPS) is 9.82. The van der Waals surface area contributed by atoms with E-state index in [1.54, 1.807) is 18.9 Å². The van der Waals surface area contributed by atoms with Gasteiger partial charge in [0, 0.05) is 40.3 Å². The van der Waals surface area contributed by atoms with Gasteiger partial charge in [0.15, 0.2) is 0 Å². The van der Waals surface area contributed by atoms with Gasteiger partial charge in [-0.1, -0.05) is 0 Å². The molecule has 0 aromatic rings. The van der Waals surface area contributed by atoms with Crippen molar-refractivity contribution >= 4 is 12.0 Å². The minimum absolute atomic E-state index is 0.00763. The minimum atomic E-state index is -0.451. The zero-order valence-corrected chi connectivity index (χ0v) is 10.8. The number of nitrogens with one attached hydrogen (secondary N) is 1. The number of amides is 2. The third-order valence-corrected chi connectivity index (χ3v) is 2.15. The third kappa shape index (κ3) is 8.50. The van der Waals surface area contributed by atoms with Crippen molar-refractivity contribution < 1.29 is 19.1 Å². The highest BCUT2D eigenvalue weighted by molar-refractivity contribution is 5.73. The first-order chi connectivity index (χ1) is 8.11. The fourth-order valence-electron chi connectivity index (χ4n) is 1.30. The Bertz CT molecular complexity index is 234. The van der Waals surface area contributed by atoms with Crippen LogP contribution in [0.2, 0.25) is 0 Å². The topological polar surface area (TPSA) is 67.9 Å². The van der Waals surface area contributed by atoms with Crippen LogP contribution < -0.4 is 5.32 Å².